The molecule has 5 nitrogen and oxygen atoms in total. The van der Waals surface area contributed by atoms with Crippen LogP contribution in [0, 0.1) is 13.8 Å². The van der Waals surface area contributed by atoms with E-state index in [-0.39, 0.29) is 11.6 Å². The number of carbonyl (C=O) groups excluding carboxylic acids is 1. The van der Waals surface area contributed by atoms with Gasteiger partial charge in [-0.1, -0.05) is 19.1 Å². The lowest BCUT2D eigenvalue weighted by atomic mass is 10.0. The molecule has 0 amide bonds. The van der Waals surface area contributed by atoms with Gasteiger partial charge in [0.25, 0.3) is 0 Å². The molecule has 140 valence electrons. The summed E-state index contributed by atoms with van der Waals surface area (Å²) in [4.78, 5) is 23.8. The van der Waals surface area contributed by atoms with E-state index < -0.39 is 0 Å². The number of esters is 1. The summed E-state index contributed by atoms with van der Waals surface area (Å²) in [7, 11) is 0. The number of hydrogen-bond acceptors (Lipinski definition) is 5. The first-order valence-electron chi connectivity index (χ1n) is 9.03. The molecule has 0 aliphatic carbocycles. The molecule has 0 bridgehead atoms. The summed E-state index contributed by atoms with van der Waals surface area (Å²) in [6.07, 6.45) is 0.795. The average Bonchev–Trinajstić information content (AvgIpc) is 2.67. The third kappa shape index (κ3) is 4.19. The quantitative estimate of drug-likeness (QED) is 0.511. The van der Waals surface area contributed by atoms with Crippen LogP contribution in [0.5, 0.6) is 0 Å². The Balaban J connectivity index is 1.78. The lowest BCUT2D eigenvalue weighted by Crippen LogP contribution is -2.08. The minimum Gasteiger partial charge on any atom is -0.462 e. The third-order valence-electron chi connectivity index (χ3n) is 4.56. The van der Waals surface area contributed by atoms with Crippen LogP contribution >= 0.6 is 0 Å². The van der Waals surface area contributed by atoms with Crippen molar-refractivity contribution in [3.05, 3.63) is 75.1 Å². The fourth-order valence-electron chi connectivity index (χ4n) is 2.87. The second kappa shape index (κ2) is 8.08. The molecule has 3 aromatic rings. The second-order valence-corrected chi connectivity index (χ2v) is 6.54. The molecule has 0 atom stereocenters. The molecule has 0 aliphatic heterocycles. The zero-order valence-electron chi connectivity index (χ0n) is 15.8. The number of anilines is 1. The van der Waals surface area contributed by atoms with Crippen molar-refractivity contribution in [3.8, 4) is 0 Å². The predicted octanol–water partition coefficient (Wildman–Crippen LogP) is 4.59. The topological polar surface area (TPSA) is 68.5 Å². The van der Waals surface area contributed by atoms with Crippen LogP contribution in [0.4, 0.5) is 5.69 Å². The Morgan fingerprint density at radius 3 is 2.56 bits per heavy atom. The number of fused-ring (bicyclic) bond motifs is 1. The van der Waals surface area contributed by atoms with Gasteiger partial charge in [-0.2, -0.15) is 0 Å². The van der Waals surface area contributed by atoms with E-state index in [2.05, 4.69) is 5.32 Å². The lowest BCUT2D eigenvalue weighted by molar-refractivity contribution is 0.0505. The van der Waals surface area contributed by atoms with E-state index in [0.717, 1.165) is 34.2 Å². The molecule has 0 spiro atoms. The zero-order valence-corrected chi connectivity index (χ0v) is 15.8. The van der Waals surface area contributed by atoms with Gasteiger partial charge in [-0.15, -0.1) is 0 Å². The Morgan fingerprint density at radius 2 is 1.85 bits per heavy atom. The van der Waals surface area contributed by atoms with Crippen LogP contribution in [0.3, 0.4) is 0 Å². The molecule has 0 fully saturated rings. The summed E-state index contributed by atoms with van der Waals surface area (Å²) >= 11 is 0. The Kier molecular flexibility index (Phi) is 5.60. The van der Waals surface area contributed by atoms with E-state index in [1.807, 2.05) is 45.0 Å². The van der Waals surface area contributed by atoms with Gasteiger partial charge in [0.1, 0.15) is 5.58 Å². The lowest BCUT2D eigenvalue weighted by Gasteiger charge is -2.11. The van der Waals surface area contributed by atoms with E-state index in [1.165, 1.54) is 6.07 Å². The summed E-state index contributed by atoms with van der Waals surface area (Å²) in [5.74, 6) is -0.319. The van der Waals surface area contributed by atoms with Crippen LogP contribution in [0.15, 0.2) is 51.7 Å². The number of hydrogen-bond donors (Lipinski definition) is 1. The molecule has 5 heteroatoms. The van der Waals surface area contributed by atoms with E-state index in [9.17, 15) is 9.59 Å². The second-order valence-electron chi connectivity index (χ2n) is 6.54. The summed E-state index contributed by atoms with van der Waals surface area (Å²) in [5, 5.41) is 4.21. The monoisotopic (exact) mass is 365 g/mol. The van der Waals surface area contributed by atoms with E-state index >= 15 is 0 Å². The highest BCUT2D eigenvalue weighted by Gasteiger charge is 2.10. The van der Waals surface area contributed by atoms with Crippen LogP contribution in [0.1, 0.15) is 40.4 Å². The van der Waals surface area contributed by atoms with Crippen molar-refractivity contribution in [1.29, 1.82) is 0 Å². The van der Waals surface area contributed by atoms with Gasteiger partial charge in [-0.3, -0.25) is 0 Å². The first-order valence-corrected chi connectivity index (χ1v) is 9.03. The highest BCUT2D eigenvalue weighted by atomic mass is 16.5. The molecule has 1 N–H and O–H groups in total. The van der Waals surface area contributed by atoms with Gasteiger partial charge >= 0.3 is 11.6 Å². The molecule has 0 radical (unpaired) electrons. The minimum absolute atomic E-state index is 0.319. The molecule has 1 heterocycles. The first kappa shape index (κ1) is 18.7. The van der Waals surface area contributed by atoms with Crippen LogP contribution in [-0.2, 0) is 11.3 Å². The molecule has 0 saturated carbocycles. The number of nitrogens with one attached hydrogen (secondary N) is 1. The van der Waals surface area contributed by atoms with Crippen molar-refractivity contribution in [3.63, 3.8) is 0 Å². The third-order valence-corrected chi connectivity index (χ3v) is 4.56. The standard InChI is InChI=1S/C22H23NO4/c1-4-11-26-22(25)16-6-8-18(9-7-16)23-13-17-12-20(24)27-21-15(3)14(2)5-10-19(17)21/h5-10,12,23H,4,11,13H2,1-3H3. The van der Waals surface area contributed by atoms with Crippen molar-refractivity contribution in [1.82, 2.24) is 0 Å². The van der Waals surface area contributed by atoms with Gasteiger partial charge < -0.3 is 14.5 Å². The van der Waals surface area contributed by atoms with E-state index in [4.69, 9.17) is 9.15 Å². The van der Waals surface area contributed by atoms with Crippen molar-refractivity contribution < 1.29 is 13.9 Å². The van der Waals surface area contributed by atoms with Gasteiger partial charge in [0.2, 0.25) is 0 Å². The maximum atomic E-state index is 11.9. The van der Waals surface area contributed by atoms with E-state index in [0.29, 0.717) is 24.3 Å². The normalized spacial score (nSPS) is 10.8. The summed E-state index contributed by atoms with van der Waals surface area (Å²) in [6.45, 7) is 6.80. The molecule has 0 unspecified atom stereocenters. The molecule has 2 aromatic carbocycles. The van der Waals surface area contributed by atoms with Crippen molar-refractivity contribution >= 4 is 22.6 Å². The maximum absolute atomic E-state index is 11.9. The number of benzene rings is 2. The zero-order chi connectivity index (χ0) is 19.4. The van der Waals surface area contributed by atoms with Gasteiger partial charge in [-0.25, -0.2) is 9.59 Å². The maximum Gasteiger partial charge on any atom is 0.338 e. The van der Waals surface area contributed by atoms with Crippen molar-refractivity contribution in [2.24, 2.45) is 0 Å². The van der Waals surface area contributed by atoms with Crippen LogP contribution < -0.4 is 10.9 Å². The summed E-state index contributed by atoms with van der Waals surface area (Å²) in [6, 6.07) is 12.6. The highest BCUT2D eigenvalue weighted by molar-refractivity contribution is 5.89. The fraction of sp³-hybridized carbons (Fsp3) is 0.273. The number of rotatable bonds is 6. The van der Waals surface area contributed by atoms with Crippen LogP contribution in [0.25, 0.3) is 11.0 Å². The Hall–Kier alpha value is -3.08. The first-order chi connectivity index (χ1) is 13.0. The number of carbonyl (C=O) groups is 1. The number of aryl methyl sites for hydroxylation is 2. The molecule has 0 aliphatic rings. The summed E-state index contributed by atoms with van der Waals surface area (Å²) < 4.78 is 10.5. The van der Waals surface area contributed by atoms with Crippen LogP contribution in [0.2, 0.25) is 0 Å². The highest BCUT2D eigenvalue weighted by Crippen LogP contribution is 2.24. The van der Waals surface area contributed by atoms with Gasteiger partial charge in [0, 0.05) is 23.7 Å². The molecular formula is C22H23NO4. The smallest absolute Gasteiger partial charge is 0.338 e. The Labute approximate surface area is 158 Å². The Bertz CT molecular complexity index is 1020. The predicted molar refractivity (Wildman–Crippen MR) is 106 cm³/mol. The van der Waals surface area contributed by atoms with E-state index in [1.54, 1.807) is 12.1 Å². The molecular weight excluding hydrogens is 342 g/mol. The summed E-state index contributed by atoms with van der Waals surface area (Å²) in [5.41, 5.74) is 4.58. The Morgan fingerprint density at radius 1 is 1.11 bits per heavy atom. The van der Waals surface area contributed by atoms with Gasteiger partial charge in [-0.05, 0) is 61.2 Å². The van der Waals surface area contributed by atoms with Gasteiger partial charge in [0.05, 0.1) is 12.2 Å². The SMILES string of the molecule is CCCOC(=O)c1ccc(NCc2cc(=O)oc3c(C)c(C)ccc23)cc1. The molecule has 27 heavy (non-hydrogen) atoms. The average molecular weight is 365 g/mol. The van der Waals surface area contributed by atoms with Gasteiger partial charge in [0.15, 0.2) is 0 Å². The fourth-order valence-corrected chi connectivity index (χ4v) is 2.87. The molecule has 3 rings (SSSR count). The minimum atomic E-state index is -0.359. The molecule has 1 aromatic heterocycles. The number of ether oxygens (including phenoxy) is 1. The van der Waals surface area contributed by atoms with Crippen molar-refractivity contribution in [2.45, 2.75) is 33.7 Å². The largest absolute Gasteiger partial charge is 0.462 e. The van der Waals surface area contributed by atoms with Crippen LogP contribution in [-0.4, -0.2) is 12.6 Å². The van der Waals surface area contributed by atoms with Crippen molar-refractivity contribution in [2.75, 3.05) is 11.9 Å². The molecule has 0 saturated heterocycles.